The zero-order valence-electron chi connectivity index (χ0n) is 7.21. The fraction of sp³-hybridized carbons (Fsp3) is 0. The number of aromatic nitrogens is 3. The highest BCUT2D eigenvalue weighted by atomic mass is 35.5. The summed E-state index contributed by atoms with van der Waals surface area (Å²) in [6, 6.07) is 7.38. The summed E-state index contributed by atoms with van der Waals surface area (Å²) in [5.74, 6) is 0. The van der Waals surface area contributed by atoms with E-state index < -0.39 is 0 Å². The van der Waals surface area contributed by atoms with E-state index in [0.29, 0.717) is 5.02 Å². The number of nitrogens with zero attached hydrogens (tertiary/aromatic N) is 4. The summed E-state index contributed by atoms with van der Waals surface area (Å²) in [6.07, 6.45) is 4.64. The van der Waals surface area contributed by atoms with E-state index in [1.54, 1.807) is 6.21 Å². The van der Waals surface area contributed by atoms with Gasteiger partial charge in [0.05, 0.1) is 6.21 Å². The highest BCUT2D eigenvalue weighted by Gasteiger charge is 1.88. The normalized spacial score (nSPS) is 10.9. The molecule has 0 N–H and O–H groups in total. The standard InChI is InChI=1S/C9H7ClN4/c10-9-3-1-8(2-4-9)5-12-14-7-11-6-13-14/h1-7H/b12-5+. The van der Waals surface area contributed by atoms with E-state index in [0.717, 1.165) is 5.56 Å². The molecular weight excluding hydrogens is 200 g/mol. The van der Waals surface area contributed by atoms with Crippen molar-refractivity contribution in [2.75, 3.05) is 0 Å². The molecule has 5 heteroatoms. The van der Waals surface area contributed by atoms with Crippen LogP contribution in [0.2, 0.25) is 5.02 Å². The summed E-state index contributed by atoms with van der Waals surface area (Å²) in [7, 11) is 0. The Morgan fingerprint density at radius 3 is 2.71 bits per heavy atom. The van der Waals surface area contributed by atoms with E-state index in [1.807, 2.05) is 24.3 Å². The van der Waals surface area contributed by atoms with Crippen LogP contribution in [0, 0.1) is 0 Å². The summed E-state index contributed by atoms with van der Waals surface area (Å²) in [6.45, 7) is 0. The largest absolute Gasteiger partial charge is 0.221 e. The van der Waals surface area contributed by atoms with Gasteiger partial charge in [-0.1, -0.05) is 23.7 Å². The van der Waals surface area contributed by atoms with Crippen LogP contribution in [0.4, 0.5) is 0 Å². The summed E-state index contributed by atoms with van der Waals surface area (Å²) in [5, 5.41) is 8.58. The van der Waals surface area contributed by atoms with Crippen molar-refractivity contribution < 1.29 is 0 Å². The maximum atomic E-state index is 5.74. The molecule has 4 nitrogen and oxygen atoms in total. The molecule has 0 aliphatic rings. The molecule has 0 saturated carbocycles. The van der Waals surface area contributed by atoms with E-state index in [9.17, 15) is 0 Å². The van der Waals surface area contributed by atoms with Gasteiger partial charge in [-0.2, -0.15) is 5.10 Å². The quantitative estimate of drug-likeness (QED) is 0.704. The third-order valence-electron chi connectivity index (χ3n) is 1.60. The molecule has 1 heterocycles. The maximum Gasteiger partial charge on any atom is 0.139 e. The van der Waals surface area contributed by atoms with Crippen molar-refractivity contribution in [2.45, 2.75) is 0 Å². The Labute approximate surface area is 85.8 Å². The van der Waals surface area contributed by atoms with Crippen LogP contribution in [0.1, 0.15) is 5.56 Å². The van der Waals surface area contributed by atoms with Crippen LogP contribution in [0.5, 0.6) is 0 Å². The van der Waals surface area contributed by atoms with Gasteiger partial charge in [-0.25, -0.2) is 4.98 Å². The zero-order chi connectivity index (χ0) is 9.80. The highest BCUT2D eigenvalue weighted by molar-refractivity contribution is 6.30. The fourth-order valence-corrected chi connectivity index (χ4v) is 1.06. The molecule has 70 valence electrons. The molecule has 2 rings (SSSR count). The van der Waals surface area contributed by atoms with Crippen molar-refractivity contribution in [1.29, 1.82) is 0 Å². The molecule has 0 aliphatic carbocycles. The van der Waals surface area contributed by atoms with Gasteiger partial charge in [0.25, 0.3) is 0 Å². The topological polar surface area (TPSA) is 43.1 Å². The third kappa shape index (κ3) is 2.17. The Morgan fingerprint density at radius 1 is 1.29 bits per heavy atom. The molecule has 0 fully saturated rings. The minimum absolute atomic E-state index is 0.711. The highest BCUT2D eigenvalue weighted by Crippen LogP contribution is 2.07. The molecule has 2 aromatic rings. The maximum absolute atomic E-state index is 5.74. The monoisotopic (exact) mass is 206 g/mol. The molecule has 0 bridgehead atoms. The first-order valence-corrected chi connectivity index (χ1v) is 4.37. The Morgan fingerprint density at radius 2 is 2.07 bits per heavy atom. The summed E-state index contributed by atoms with van der Waals surface area (Å²) in [5.41, 5.74) is 0.963. The molecule has 0 atom stereocenters. The van der Waals surface area contributed by atoms with Crippen LogP contribution in [-0.2, 0) is 0 Å². The van der Waals surface area contributed by atoms with Gasteiger partial charge in [-0.05, 0) is 17.7 Å². The van der Waals surface area contributed by atoms with Gasteiger partial charge >= 0.3 is 0 Å². The van der Waals surface area contributed by atoms with Gasteiger partial charge in [-0.3, -0.25) is 0 Å². The van der Waals surface area contributed by atoms with Crippen molar-refractivity contribution in [2.24, 2.45) is 5.10 Å². The van der Waals surface area contributed by atoms with E-state index in [2.05, 4.69) is 15.2 Å². The van der Waals surface area contributed by atoms with Crippen molar-refractivity contribution in [1.82, 2.24) is 14.9 Å². The molecule has 0 saturated heterocycles. The molecular formula is C9H7ClN4. The molecule has 1 aromatic carbocycles. The van der Waals surface area contributed by atoms with Gasteiger partial charge in [0, 0.05) is 5.02 Å². The Kier molecular flexibility index (Phi) is 2.55. The first kappa shape index (κ1) is 8.90. The number of hydrogen-bond donors (Lipinski definition) is 0. The number of rotatable bonds is 2. The Hall–Kier alpha value is -1.68. The molecule has 0 radical (unpaired) electrons. The van der Waals surface area contributed by atoms with E-state index in [1.165, 1.54) is 17.4 Å². The fourth-order valence-electron chi connectivity index (χ4n) is 0.936. The molecule has 0 amide bonds. The zero-order valence-corrected chi connectivity index (χ0v) is 7.96. The predicted octanol–water partition coefficient (Wildman–Crippen LogP) is 1.81. The molecule has 1 aromatic heterocycles. The van der Waals surface area contributed by atoms with Gasteiger partial charge in [0.15, 0.2) is 0 Å². The number of halogens is 1. The smallest absolute Gasteiger partial charge is 0.139 e. The minimum Gasteiger partial charge on any atom is -0.221 e. The van der Waals surface area contributed by atoms with Gasteiger partial charge in [0.2, 0.25) is 0 Å². The lowest BCUT2D eigenvalue weighted by molar-refractivity contribution is 0.743. The van der Waals surface area contributed by atoms with Gasteiger partial charge < -0.3 is 0 Å². The molecule has 0 unspecified atom stereocenters. The Bertz CT molecular complexity index is 419. The summed E-state index contributed by atoms with van der Waals surface area (Å²) >= 11 is 5.74. The van der Waals surface area contributed by atoms with Crippen LogP contribution in [0.15, 0.2) is 42.0 Å². The van der Waals surface area contributed by atoms with Gasteiger partial charge in [-0.15, -0.1) is 9.89 Å². The average Bonchev–Trinajstić information content (AvgIpc) is 2.70. The lowest BCUT2D eigenvalue weighted by Gasteiger charge is -1.92. The van der Waals surface area contributed by atoms with Crippen molar-refractivity contribution >= 4 is 17.8 Å². The predicted molar refractivity (Wildman–Crippen MR) is 54.5 cm³/mol. The van der Waals surface area contributed by atoms with Crippen molar-refractivity contribution in [3.8, 4) is 0 Å². The van der Waals surface area contributed by atoms with Gasteiger partial charge in [0.1, 0.15) is 12.7 Å². The van der Waals surface area contributed by atoms with E-state index in [4.69, 9.17) is 11.6 Å². The molecule has 0 spiro atoms. The van der Waals surface area contributed by atoms with Crippen LogP contribution in [0.3, 0.4) is 0 Å². The van der Waals surface area contributed by atoms with Crippen molar-refractivity contribution in [3.63, 3.8) is 0 Å². The second-order valence-electron chi connectivity index (χ2n) is 2.61. The average molecular weight is 207 g/mol. The van der Waals surface area contributed by atoms with Crippen LogP contribution in [0.25, 0.3) is 0 Å². The summed E-state index contributed by atoms with van der Waals surface area (Å²) < 4.78 is 0. The van der Waals surface area contributed by atoms with Crippen LogP contribution < -0.4 is 0 Å². The van der Waals surface area contributed by atoms with E-state index >= 15 is 0 Å². The third-order valence-corrected chi connectivity index (χ3v) is 1.85. The van der Waals surface area contributed by atoms with Crippen LogP contribution in [-0.4, -0.2) is 21.1 Å². The van der Waals surface area contributed by atoms with Crippen molar-refractivity contribution in [3.05, 3.63) is 47.5 Å². The molecule has 0 aliphatic heterocycles. The SMILES string of the molecule is Clc1ccc(/C=N/n2cncn2)cc1. The van der Waals surface area contributed by atoms with E-state index in [-0.39, 0.29) is 0 Å². The number of hydrogen-bond acceptors (Lipinski definition) is 3. The second-order valence-corrected chi connectivity index (χ2v) is 3.05. The summed E-state index contributed by atoms with van der Waals surface area (Å²) in [4.78, 5) is 5.15. The second kappa shape index (κ2) is 4.02. The lowest BCUT2D eigenvalue weighted by Crippen LogP contribution is -1.90. The Balaban J connectivity index is 2.15. The number of benzene rings is 1. The first-order chi connectivity index (χ1) is 6.84. The first-order valence-electron chi connectivity index (χ1n) is 3.99. The van der Waals surface area contributed by atoms with Crippen LogP contribution >= 0.6 is 11.6 Å². The molecule has 14 heavy (non-hydrogen) atoms. The lowest BCUT2D eigenvalue weighted by atomic mass is 10.2. The minimum atomic E-state index is 0.711.